The number of hydrogen-bond acceptors (Lipinski definition) is 7. The van der Waals surface area contributed by atoms with Crippen LogP contribution >= 0.6 is 22.9 Å². The number of hydrogen-bond donors (Lipinski definition) is 1. The van der Waals surface area contributed by atoms with E-state index in [4.69, 9.17) is 25.8 Å². The van der Waals surface area contributed by atoms with Gasteiger partial charge in [0.05, 0.1) is 35.9 Å². The van der Waals surface area contributed by atoms with Gasteiger partial charge in [-0.2, -0.15) is 13.2 Å². The maximum Gasteiger partial charge on any atom is 0.396 e. The molecule has 11 heteroatoms. The second-order valence-corrected chi connectivity index (χ2v) is 10.1. The van der Waals surface area contributed by atoms with Crippen molar-refractivity contribution in [2.75, 3.05) is 20.3 Å². The van der Waals surface area contributed by atoms with Crippen LogP contribution in [0.1, 0.15) is 25.5 Å². The highest BCUT2D eigenvalue weighted by Crippen LogP contribution is 2.52. The topological polar surface area (TPSA) is 73.7 Å². The summed E-state index contributed by atoms with van der Waals surface area (Å²) in [4.78, 5) is 9.15. The molecule has 184 valence electrons. The monoisotopic (exact) mass is 524 g/mol. The van der Waals surface area contributed by atoms with E-state index >= 15 is 0 Å². The third kappa shape index (κ3) is 3.93. The fourth-order valence-electron chi connectivity index (χ4n) is 3.93. The molecule has 35 heavy (non-hydrogen) atoms. The Morgan fingerprint density at radius 3 is 2.57 bits per heavy atom. The minimum absolute atomic E-state index is 0.00929. The van der Waals surface area contributed by atoms with Crippen LogP contribution in [0, 0.1) is 5.41 Å². The lowest BCUT2D eigenvalue weighted by Crippen LogP contribution is -2.38. The predicted octanol–water partition coefficient (Wildman–Crippen LogP) is 6.57. The molecule has 1 atom stereocenters. The Kier molecular flexibility index (Phi) is 5.73. The van der Waals surface area contributed by atoms with E-state index in [0.717, 1.165) is 13.8 Å². The Labute approximate surface area is 207 Å². The molecule has 6 nitrogen and oxygen atoms in total. The fraction of sp³-hybridized carbons (Fsp3) is 0.333. The van der Waals surface area contributed by atoms with E-state index in [1.54, 1.807) is 24.4 Å². The van der Waals surface area contributed by atoms with E-state index in [-0.39, 0.29) is 30.0 Å². The molecule has 3 heterocycles. The summed E-state index contributed by atoms with van der Waals surface area (Å²) in [5.41, 5.74) is -1.03. The first-order chi connectivity index (χ1) is 16.5. The van der Waals surface area contributed by atoms with Crippen LogP contribution in [0.3, 0.4) is 0 Å². The van der Waals surface area contributed by atoms with Gasteiger partial charge in [-0.15, -0.1) is 11.3 Å². The molecule has 1 N–H and O–H groups in total. The highest BCUT2D eigenvalue weighted by atomic mass is 35.5. The van der Waals surface area contributed by atoms with Gasteiger partial charge in [0.25, 0.3) is 0 Å². The number of benzene rings is 2. The Morgan fingerprint density at radius 2 is 1.86 bits per heavy atom. The minimum atomic E-state index is -4.66. The number of aliphatic hydroxyl groups excluding tert-OH is 1. The summed E-state index contributed by atoms with van der Waals surface area (Å²) < 4.78 is 58.6. The number of halogens is 4. The lowest BCUT2D eigenvalue weighted by molar-refractivity contribution is -0.242. The second kappa shape index (κ2) is 8.39. The molecular formula is C24H20ClF3N2O4S. The van der Waals surface area contributed by atoms with Crippen molar-refractivity contribution < 1.29 is 32.5 Å². The highest BCUT2D eigenvalue weighted by Gasteiger charge is 2.53. The average molecular weight is 525 g/mol. The van der Waals surface area contributed by atoms with Crippen molar-refractivity contribution in [2.45, 2.75) is 26.1 Å². The van der Waals surface area contributed by atoms with Gasteiger partial charge in [-0.3, -0.25) is 4.98 Å². The van der Waals surface area contributed by atoms with Crippen LogP contribution in [0.15, 0.2) is 30.5 Å². The first-order valence-corrected chi connectivity index (χ1v) is 11.8. The molecule has 0 bridgehead atoms. The SMILES string of the molecule is COc1cnc2c(-c3nc4c(C(O)C(C)(C)C(F)(F)F)cc5c(c4s3)OCCO5)cc(Cl)cc2c1. The van der Waals surface area contributed by atoms with Gasteiger partial charge >= 0.3 is 6.18 Å². The summed E-state index contributed by atoms with van der Waals surface area (Å²) in [5, 5.41) is 12.5. The molecular weight excluding hydrogens is 505 g/mol. The normalized spacial score (nSPS) is 15.0. The first-order valence-electron chi connectivity index (χ1n) is 10.6. The molecule has 1 unspecified atom stereocenters. The smallest absolute Gasteiger partial charge is 0.396 e. The van der Waals surface area contributed by atoms with E-state index in [0.29, 0.717) is 42.7 Å². The van der Waals surface area contributed by atoms with Crippen LogP contribution in [-0.2, 0) is 0 Å². The number of ether oxygens (including phenoxy) is 3. The van der Waals surface area contributed by atoms with Gasteiger partial charge in [-0.25, -0.2) is 4.98 Å². The first kappa shape index (κ1) is 23.9. The molecule has 0 saturated carbocycles. The number of pyridine rings is 1. The largest absolute Gasteiger partial charge is 0.495 e. The Balaban J connectivity index is 1.77. The molecule has 5 rings (SSSR count). The summed E-state index contributed by atoms with van der Waals surface area (Å²) in [6.45, 7) is 2.44. The van der Waals surface area contributed by atoms with Gasteiger partial charge in [-0.1, -0.05) is 11.6 Å². The van der Waals surface area contributed by atoms with Crippen molar-refractivity contribution in [3.8, 4) is 27.8 Å². The second-order valence-electron chi connectivity index (χ2n) is 8.71. The fourth-order valence-corrected chi connectivity index (χ4v) is 5.27. The lowest BCUT2D eigenvalue weighted by Gasteiger charge is -2.33. The third-order valence-electron chi connectivity index (χ3n) is 6.10. The molecule has 0 saturated heterocycles. The Morgan fingerprint density at radius 1 is 1.11 bits per heavy atom. The molecule has 4 aromatic rings. The van der Waals surface area contributed by atoms with Crippen LogP contribution in [-0.4, -0.2) is 41.6 Å². The number of thiazole rings is 1. The number of methoxy groups -OCH3 is 1. The van der Waals surface area contributed by atoms with Crippen LogP contribution in [0.4, 0.5) is 13.2 Å². The van der Waals surface area contributed by atoms with Crippen LogP contribution < -0.4 is 14.2 Å². The molecule has 1 aliphatic heterocycles. The molecule has 1 aliphatic rings. The lowest BCUT2D eigenvalue weighted by atomic mass is 9.81. The number of nitrogens with zero attached hydrogens (tertiary/aromatic N) is 2. The summed E-state index contributed by atoms with van der Waals surface area (Å²) in [5.74, 6) is 1.20. The van der Waals surface area contributed by atoms with Crippen molar-refractivity contribution >= 4 is 44.1 Å². The van der Waals surface area contributed by atoms with Crippen LogP contribution in [0.2, 0.25) is 5.02 Å². The van der Waals surface area contributed by atoms with E-state index in [1.807, 2.05) is 0 Å². The number of fused-ring (bicyclic) bond motifs is 4. The van der Waals surface area contributed by atoms with Gasteiger partial charge < -0.3 is 19.3 Å². The predicted molar refractivity (Wildman–Crippen MR) is 128 cm³/mol. The van der Waals surface area contributed by atoms with Crippen molar-refractivity contribution in [3.05, 3.63) is 41.0 Å². The molecule has 0 fully saturated rings. The Bertz CT molecular complexity index is 1450. The number of aromatic nitrogens is 2. The van der Waals surface area contributed by atoms with Gasteiger partial charge in [-0.05, 0) is 38.1 Å². The van der Waals surface area contributed by atoms with E-state index in [1.165, 1.54) is 24.5 Å². The van der Waals surface area contributed by atoms with Crippen molar-refractivity contribution in [1.29, 1.82) is 0 Å². The minimum Gasteiger partial charge on any atom is -0.495 e. The maximum atomic E-state index is 13.8. The summed E-state index contributed by atoms with van der Waals surface area (Å²) >= 11 is 7.58. The van der Waals surface area contributed by atoms with E-state index in [9.17, 15) is 18.3 Å². The maximum absolute atomic E-state index is 13.8. The number of alkyl halides is 3. The number of aliphatic hydroxyl groups is 1. The van der Waals surface area contributed by atoms with Crippen molar-refractivity contribution in [1.82, 2.24) is 9.97 Å². The van der Waals surface area contributed by atoms with Gasteiger partial charge in [0.15, 0.2) is 11.5 Å². The van der Waals surface area contributed by atoms with Gasteiger partial charge in [0.1, 0.15) is 28.7 Å². The van der Waals surface area contributed by atoms with Crippen molar-refractivity contribution in [3.63, 3.8) is 0 Å². The van der Waals surface area contributed by atoms with Crippen LogP contribution in [0.5, 0.6) is 17.2 Å². The quantitative estimate of drug-likeness (QED) is 0.325. The van der Waals surface area contributed by atoms with Crippen LogP contribution in [0.25, 0.3) is 31.7 Å². The third-order valence-corrected chi connectivity index (χ3v) is 7.41. The molecule has 2 aromatic heterocycles. The average Bonchev–Trinajstić information content (AvgIpc) is 3.27. The molecule has 0 radical (unpaired) electrons. The zero-order chi connectivity index (χ0) is 25.1. The van der Waals surface area contributed by atoms with Crippen molar-refractivity contribution in [2.24, 2.45) is 5.41 Å². The summed E-state index contributed by atoms with van der Waals surface area (Å²) in [7, 11) is 1.53. The van der Waals surface area contributed by atoms with E-state index in [2.05, 4.69) is 9.97 Å². The Hall–Kier alpha value is -2.82. The summed E-state index contributed by atoms with van der Waals surface area (Å²) in [6, 6.07) is 6.60. The molecule has 2 aromatic carbocycles. The zero-order valence-electron chi connectivity index (χ0n) is 18.9. The zero-order valence-corrected chi connectivity index (χ0v) is 20.4. The highest BCUT2D eigenvalue weighted by molar-refractivity contribution is 7.22. The molecule has 0 amide bonds. The molecule has 0 aliphatic carbocycles. The number of rotatable bonds is 4. The van der Waals surface area contributed by atoms with Gasteiger partial charge in [0.2, 0.25) is 0 Å². The van der Waals surface area contributed by atoms with E-state index < -0.39 is 17.7 Å². The summed E-state index contributed by atoms with van der Waals surface area (Å²) in [6.07, 6.45) is -4.99. The molecule has 0 spiro atoms. The standard InChI is InChI=1S/C24H20ClF3N2O4S/c1-23(2,24(26,27)28)21(31)14-9-16-19(34-5-4-33-16)20-18(14)30-22(35-20)15-8-12(25)6-11-7-13(32-3)10-29-17(11)15/h6-10,21,31H,4-5H2,1-3H3. The van der Waals surface area contributed by atoms with Gasteiger partial charge in [0, 0.05) is 21.5 Å².